The largest absolute Gasteiger partial charge is 0.487 e. The molecule has 0 bridgehead atoms. The zero-order chi connectivity index (χ0) is 16.8. The predicted octanol–water partition coefficient (Wildman–Crippen LogP) is 2.23. The number of urea groups is 1. The van der Waals surface area contributed by atoms with Crippen LogP contribution in [0.5, 0.6) is 5.75 Å². The minimum absolute atomic E-state index is 0.131. The lowest BCUT2D eigenvalue weighted by Crippen LogP contribution is -2.41. The van der Waals surface area contributed by atoms with Gasteiger partial charge in [0.05, 0.1) is 11.5 Å². The number of nitro benzene ring substituents is 1. The first-order valence-corrected chi connectivity index (χ1v) is 7.63. The minimum Gasteiger partial charge on any atom is -0.487 e. The molecular weight excluding hydrogens is 302 g/mol. The molecule has 8 nitrogen and oxygen atoms in total. The number of amides is 2. The second kappa shape index (κ2) is 7.77. The van der Waals surface area contributed by atoms with E-state index in [9.17, 15) is 14.9 Å². The van der Waals surface area contributed by atoms with E-state index < -0.39 is 4.92 Å². The van der Waals surface area contributed by atoms with Gasteiger partial charge in [-0.05, 0) is 31.7 Å². The minimum atomic E-state index is -0.518. The molecule has 1 aromatic carbocycles. The molecule has 2 N–H and O–H groups in total. The number of nitrogens with one attached hydrogen (secondary N) is 1. The molecule has 1 fully saturated rings. The molecule has 1 aromatic rings. The monoisotopic (exact) mass is 323 g/mol. The van der Waals surface area contributed by atoms with Gasteiger partial charge in [-0.2, -0.15) is 0 Å². The van der Waals surface area contributed by atoms with E-state index in [1.54, 1.807) is 11.8 Å². The maximum absolute atomic E-state index is 12.2. The van der Waals surface area contributed by atoms with E-state index in [0.29, 0.717) is 25.4 Å². The van der Waals surface area contributed by atoms with Crippen LogP contribution in [0.15, 0.2) is 18.2 Å². The number of hydrogen-bond donors (Lipinski definition) is 2. The highest BCUT2D eigenvalue weighted by Gasteiger charge is 2.23. The average molecular weight is 323 g/mol. The van der Waals surface area contributed by atoms with Crippen LogP contribution in [0.1, 0.15) is 19.8 Å². The van der Waals surface area contributed by atoms with Gasteiger partial charge in [0.15, 0.2) is 5.75 Å². The van der Waals surface area contributed by atoms with Crippen molar-refractivity contribution in [1.82, 2.24) is 4.90 Å². The predicted molar refractivity (Wildman–Crippen MR) is 84.7 cm³/mol. The number of hydrogen-bond acceptors (Lipinski definition) is 5. The van der Waals surface area contributed by atoms with E-state index in [0.717, 1.165) is 12.8 Å². The highest BCUT2D eigenvalue weighted by Crippen LogP contribution is 2.30. The molecule has 1 heterocycles. The van der Waals surface area contributed by atoms with Crippen molar-refractivity contribution < 1.29 is 19.6 Å². The van der Waals surface area contributed by atoms with Gasteiger partial charge in [0.25, 0.3) is 0 Å². The smallest absolute Gasteiger partial charge is 0.321 e. The second-order valence-corrected chi connectivity index (χ2v) is 5.42. The van der Waals surface area contributed by atoms with E-state index in [-0.39, 0.29) is 30.0 Å². The van der Waals surface area contributed by atoms with Gasteiger partial charge in [-0.3, -0.25) is 10.1 Å². The van der Waals surface area contributed by atoms with E-state index in [2.05, 4.69) is 5.32 Å². The fourth-order valence-corrected chi connectivity index (χ4v) is 2.53. The van der Waals surface area contributed by atoms with Gasteiger partial charge in [-0.1, -0.05) is 0 Å². The molecule has 2 rings (SSSR count). The Morgan fingerprint density at radius 1 is 1.48 bits per heavy atom. The lowest BCUT2D eigenvalue weighted by atomic mass is 9.98. The summed E-state index contributed by atoms with van der Waals surface area (Å²) in [7, 11) is 0. The fraction of sp³-hybridized carbons (Fsp3) is 0.533. The number of ether oxygens (including phenoxy) is 1. The van der Waals surface area contributed by atoms with E-state index in [1.807, 2.05) is 0 Å². The molecule has 0 radical (unpaired) electrons. The van der Waals surface area contributed by atoms with Gasteiger partial charge >= 0.3 is 11.7 Å². The van der Waals surface area contributed by atoms with Crippen molar-refractivity contribution in [2.45, 2.75) is 19.8 Å². The van der Waals surface area contributed by atoms with E-state index in [4.69, 9.17) is 9.84 Å². The van der Waals surface area contributed by atoms with E-state index >= 15 is 0 Å². The molecule has 1 saturated heterocycles. The summed E-state index contributed by atoms with van der Waals surface area (Å²) in [6.07, 6.45) is 1.54. The summed E-state index contributed by atoms with van der Waals surface area (Å²) in [5.74, 6) is 0.386. The van der Waals surface area contributed by atoms with Crippen LogP contribution in [-0.2, 0) is 0 Å². The van der Waals surface area contributed by atoms with Crippen LogP contribution in [0, 0.1) is 16.0 Å². The zero-order valence-corrected chi connectivity index (χ0v) is 13.0. The van der Waals surface area contributed by atoms with Crippen LogP contribution in [-0.4, -0.2) is 47.3 Å². The normalized spacial score (nSPS) is 15.3. The van der Waals surface area contributed by atoms with Gasteiger partial charge in [-0.25, -0.2) is 4.79 Å². The highest BCUT2D eigenvalue weighted by molar-refractivity contribution is 5.89. The van der Waals surface area contributed by atoms with Gasteiger partial charge in [0.1, 0.15) is 0 Å². The zero-order valence-electron chi connectivity index (χ0n) is 13.0. The number of nitro groups is 1. The number of carbonyl (C=O) groups excluding carboxylic acids is 1. The fourth-order valence-electron chi connectivity index (χ4n) is 2.53. The molecule has 1 aliphatic rings. The summed E-state index contributed by atoms with van der Waals surface area (Å²) in [5.41, 5.74) is 0.321. The van der Waals surface area contributed by atoms with Crippen LogP contribution in [0.2, 0.25) is 0 Å². The molecule has 8 heteroatoms. The molecule has 23 heavy (non-hydrogen) atoms. The number of nitrogens with zero attached hydrogens (tertiary/aromatic N) is 2. The van der Waals surface area contributed by atoms with Gasteiger partial charge < -0.3 is 20.1 Å². The SMILES string of the molecule is CCOc1cc(NC(=O)N2CCC(CO)CC2)ccc1[N+](=O)[O-]. The quantitative estimate of drug-likeness (QED) is 0.638. The topological polar surface area (TPSA) is 105 Å². The maximum atomic E-state index is 12.2. The molecule has 2 amide bonds. The Bertz CT molecular complexity index is 570. The highest BCUT2D eigenvalue weighted by atomic mass is 16.6. The number of aliphatic hydroxyl groups is 1. The lowest BCUT2D eigenvalue weighted by molar-refractivity contribution is -0.385. The van der Waals surface area contributed by atoms with Crippen molar-refractivity contribution >= 4 is 17.4 Å². The van der Waals surface area contributed by atoms with Crippen LogP contribution < -0.4 is 10.1 Å². The van der Waals surface area contributed by atoms with Crippen LogP contribution in [0.3, 0.4) is 0 Å². The molecule has 1 aliphatic heterocycles. The molecule has 126 valence electrons. The standard InChI is InChI=1S/C15H21N3O5/c1-2-23-14-9-12(3-4-13(14)18(21)22)16-15(20)17-7-5-11(10-19)6-8-17/h3-4,9,11,19H,2,5-8,10H2,1H3,(H,16,20). The number of anilines is 1. The summed E-state index contributed by atoms with van der Waals surface area (Å²) in [6, 6.07) is 4.01. The first kappa shape index (κ1) is 17.0. The van der Waals surface area contributed by atoms with E-state index in [1.165, 1.54) is 18.2 Å². The molecule has 0 aliphatic carbocycles. The summed E-state index contributed by atoms with van der Waals surface area (Å²) in [5, 5.41) is 22.8. The summed E-state index contributed by atoms with van der Waals surface area (Å²) >= 11 is 0. The van der Waals surface area contributed by atoms with Crippen molar-refractivity contribution in [2.75, 3.05) is 31.6 Å². The summed E-state index contributed by atoms with van der Waals surface area (Å²) < 4.78 is 5.26. The van der Waals surface area contributed by atoms with Crippen molar-refractivity contribution in [1.29, 1.82) is 0 Å². The Morgan fingerprint density at radius 2 is 2.17 bits per heavy atom. The van der Waals surface area contributed by atoms with Crippen molar-refractivity contribution in [3.05, 3.63) is 28.3 Å². The average Bonchev–Trinajstić information content (AvgIpc) is 2.55. The van der Waals surface area contributed by atoms with Gasteiger partial charge in [-0.15, -0.1) is 0 Å². The summed E-state index contributed by atoms with van der Waals surface area (Å²) in [4.78, 5) is 24.3. The first-order valence-electron chi connectivity index (χ1n) is 7.63. The number of benzene rings is 1. The Labute approximate surface area is 134 Å². The van der Waals surface area contributed by atoms with Crippen molar-refractivity contribution in [3.8, 4) is 5.75 Å². The first-order chi connectivity index (χ1) is 11.0. The molecule has 0 spiro atoms. The third-order valence-electron chi connectivity index (χ3n) is 3.87. The molecule has 0 unspecified atom stereocenters. The molecular formula is C15H21N3O5. The van der Waals surface area contributed by atoms with Crippen molar-refractivity contribution in [2.24, 2.45) is 5.92 Å². The van der Waals surface area contributed by atoms with Crippen molar-refractivity contribution in [3.63, 3.8) is 0 Å². The number of likely N-dealkylation sites (tertiary alicyclic amines) is 1. The van der Waals surface area contributed by atoms with Crippen LogP contribution >= 0.6 is 0 Å². The Kier molecular flexibility index (Phi) is 5.75. The number of aliphatic hydroxyl groups excluding tert-OH is 1. The van der Waals surface area contributed by atoms with Crippen LogP contribution in [0.4, 0.5) is 16.2 Å². The number of rotatable bonds is 5. The second-order valence-electron chi connectivity index (χ2n) is 5.42. The number of piperidine rings is 1. The molecule has 0 saturated carbocycles. The Hall–Kier alpha value is -2.35. The third-order valence-corrected chi connectivity index (χ3v) is 3.87. The van der Waals surface area contributed by atoms with Gasteiger partial charge in [0, 0.05) is 37.5 Å². The maximum Gasteiger partial charge on any atom is 0.321 e. The third kappa shape index (κ3) is 4.32. The summed E-state index contributed by atoms with van der Waals surface area (Å²) in [6.45, 7) is 3.35. The lowest BCUT2D eigenvalue weighted by Gasteiger charge is -2.31. The van der Waals surface area contributed by atoms with Gasteiger partial charge in [0.2, 0.25) is 0 Å². The molecule has 0 aromatic heterocycles. The number of carbonyl (C=O) groups is 1. The molecule has 0 atom stereocenters. The Morgan fingerprint density at radius 3 is 2.74 bits per heavy atom. The van der Waals surface area contributed by atoms with Crippen LogP contribution in [0.25, 0.3) is 0 Å². The Balaban J connectivity index is 2.03.